The first-order valence-corrected chi connectivity index (χ1v) is 4.85. The lowest BCUT2D eigenvalue weighted by Gasteiger charge is -2.13. The maximum atomic E-state index is 12.4. The zero-order chi connectivity index (χ0) is 12.0. The van der Waals surface area contributed by atoms with Crippen LogP contribution in [0.25, 0.3) is 0 Å². The monoisotopic (exact) mass is 226 g/mol. The van der Waals surface area contributed by atoms with E-state index in [-0.39, 0.29) is 18.6 Å². The Bertz CT molecular complexity index is 352. The van der Waals surface area contributed by atoms with Crippen molar-refractivity contribution < 1.29 is 19.0 Å². The van der Waals surface area contributed by atoms with Crippen molar-refractivity contribution in [3.8, 4) is 11.5 Å². The molecular weight excluding hydrogens is 211 g/mol. The Morgan fingerprint density at radius 1 is 1.31 bits per heavy atom. The minimum absolute atomic E-state index is 0.264. The summed E-state index contributed by atoms with van der Waals surface area (Å²) in [5.74, 6) is 1.24. The van der Waals surface area contributed by atoms with Gasteiger partial charge in [-0.25, -0.2) is 4.39 Å². The Morgan fingerprint density at radius 3 is 2.25 bits per heavy atom. The van der Waals surface area contributed by atoms with Gasteiger partial charge in [-0.2, -0.15) is 0 Å². The highest BCUT2D eigenvalue weighted by molar-refractivity contribution is 5.46. The summed E-state index contributed by atoms with van der Waals surface area (Å²) in [6.07, 6.45) is 0.673. The lowest BCUT2D eigenvalue weighted by Crippen LogP contribution is -2.01. The minimum atomic E-state index is -0.322. The molecule has 0 amide bonds. The number of benzene rings is 1. The van der Waals surface area contributed by atoms with E-state index in [0.29, 0.717) is 17.8 Å². The maximum absolute atomic E-state index is 12.4. The van der Waals surface area contributed by atoms with E-state index in [1.54, 1.807) is 18.2 Å². The Hall–Kier alpha value is -1.55. The smallest absolute Gasteiger partial charge is 0.126 e. The fourth-order valence-electron chi connectivity index (χ4n) is 1.46. The van der Waals surface area contributed by atoms with Crippen molar-refractivity contribution in [3.05, 3.63) is 35.7 Å². The Balaban J connectivity index is 3.08. The van der Waals surface area contributed by atoms with Crippen molar-refractivity contribution in [2.45, 2.75) is 6.42 Å². The van der Waals surface area contributed by atoms with Crippen LogP contribution in [0.2, 0.25) is 0 Å². The molecule has 1 rings (SSSR count). The molecule has 0 bridgehead atoms. The summed E-state index contributed by atoms with van der Waals surface area (Å²) in [5, 5.41) is 8.92. The van der Waals surface area contributed by atoms with Gasteiger partial charge < -0.3 is 14.6 Å². The molecule has 0 saturated carbocycles. The van der Waals surface area contributed by atoms with Crippen LogP contribution in [0, 0.1) is 0 Å². The van der Waals surface area contributed by atoms with Crippen LogP contribution in [0.5, 0.6) is 11.5 Å². The van der Waals surface area contributed by atoms with Gasteiger partial charge in [-0.1, -0.05) is 6.07 Å². The number of aliphatic hydroxyl groups is 1. The molecule has 0 saturated heterocycles. The Kier molecular flexibility index (Phi) is 4.79. The topological polar surface area (TPSA) is 38.7 Å². The van der Waals surface area contributed by atoms with Crippen LogP contribution in [0.3, 0.4) is 0 Å². The first-order valence-electron chi connectivity index (χ1n) is 4.85. The zero-order valence-electron chi connectivity index (χ0n) is 9.37. The van der Waals surface area contributed by atoms with Crippen molar-refractivity contribution in [1.82, 2.24) is 0 Å². The summed E-state index contributed by atoms with van der Waals surface area (Å²) in [7, 11) is 3.08. The van der Waals surface area contributed by atoms with E-state index in [2.05, 4.69) is 0 Å². The second kappa shape index (κ2) is 6.12. The fourth-order valence-corrected chi connectivity index (χ4v) is 1.46. The van der Waals surface area contributed by atoms with Crippen molar-refractivity contribution in [2.75, 3.05) is 20.8 Å². The third-order valence-corrected chi connectivity index (χ3v) is 2.29. The highest BCUT2D eigenvalue weighted by Gasteiger charge is 2.11. The van der Waals surface area contributed by atoms with E-state index in [4.69, 9.17) is 14.6 Å². The molecule has 1 aromatic carbocycles. The molecule has 0 radical (unpaired) electrons. The van der Waals surface area contributed by atoms with Crippen LogP contribution in [-0.2, 0) is 6.42 Å². The average Bonchev–Trinajstić information content (AvgIpc) is 2.35. The van der Waals surface area contributed by atoms with E-state index in [9.17, 15) is 4.39 Å². The minimum Gasteiger partial charge on any atom is -0.496 e. The number of halogens is 1. The second-order valence-electron chi connectivity index (χ2n) is 3.24. The van der Waals surface area contributed by atoms with Gasteiger partial charge in [0.2, 0.25) is 0 Å². The maximum Gasteiger partial charge on any atom is 0.126 e. The third kappa shape index (κ3) is 2.73. The number of rotatable bonds is 5. The highest BCUT2D eigenvalue weighted by atomic mass is 19.1. The van der Waals surface area contributed by atoms with Gasteiger partial charge in [-0.3, -0.25) is 0 Å². The number of methoxy groups -OCH3 is 2. The average molecular weight is 226 g/mol. The molecule has 1 aromatic rings. The molecule has 0 aliphatic heterocycles. The SMILES string of the molecule is COc1cccc(OC)c1CC(=CF)CO. The summed E-state index contributed by atoms with van der Waals surface area (Å²) in [6.45, 7) is -0.322. The molecule has 0 atom stereocenters. The van der Waals surface area contributed by atoms with Gasteiger partial charge in [0.1, 0.15) is 11.5 Å². The molecule has 0 aliphatic rings. The third-order valence-electron chi connectivity index (χ3n) is 2.29. The number of hydrogen-bond acceptors (Lipinski definition) is 3. The quantitative estimate of drug-likeness (QED) is 0.835. The fraction of sp³-hybridized carbons (Fsp3) is 0.333. The summed E-state index contributed by atoms with van der Waals surface area (Å²) in [4.78, 5) is 0. The predicted octanol–water partition coefficient (Wildman–Crippen LogP) is 2.09. The normalized spacial score (nSPS) is 11.4. The van der Waals surface area contributed by atoms with Crippen LogP contribution in [0.1, 0.15) is 5.56 Å². The van der Waals surface area contributed by atoms with Crippen molar-refractivity contribution in [1.29, 1.82) is 0 Å². The van der Waals surface area contributed by atoms with Gasteiger partial charge in [0, 0.05) is 12.0 Å². The van der Waals surface area contributed by atoms with Crippen LogP contribution in [0.15, 0.2) is 30.1 Å². The first kappa shape index (κ1) is 12.5. The van der Waals surface area contributed by atoms with E-state index in [1.165, 1.54) is 14.2 Å². The van der Waals surface area contributed by atoms with E-state index < -0.39 is 0 Å². The van der Waals surface area contributed by atoms with Crippen LogP contribution >= 0.6 is 0 Å². The molecule has 4 heteroatoms. The van der Waals surface area contributed by atoms with E-state index >= 15 is 0 Å². The molecule has 1 N–H and O–H groups in total. The van der Waals surface area contributed by atoms with Crippen LogP contribution in [-0.4, -0.2) is 25.9 Å². The van der Waals surface area contributed by atoms with Crippen LogP contribution < -0.4 is 9.47 Å². The largest absolute Gasteiger partial charge is 0.496 e. The van der Waals surface area contributed by atoms with E-state index in [0.717, 1.165) is 5.56 Å². The Morgan fingerprint density at radius 2 is 1.88 bits per heavy atom. The molecule has 0 fully saturated rings. The molecule has 0 aliphatic carbocycles. The lowest BCUT2D eigenvalue weighted by atomic mass is 10.0. The van der Waals surface area contributed by atoms with Gasteiger partial charge in [-0.05, 0) is 17.7 Å². The lowest BCUT2D eigenvalue weighted by molar-refractivity contribution is 0.324. The molecule has 0 heterocycles. The number of aliphatic hydroxyl groups excluding tert-OH is 1. The second-order valence-corrected chi connectivity index (χ2v) is 3.24. The zero-order valence-corrected chi connectivity index (χ0v) is 9.37. The molecule has 88 valence electrons. The van der Waals surface area contributed by atoms with Crippen molar-refractivity contribution >= 4 is 0 Å². The van der Waals surface area contributed by atoms with Gasteiger partial charge in [0.05, 0.1) is 27.2 Å². The van der Waals surface area contributed by atoms with Gasteiger partial charge in [0.25, 0.3) is 0 Å². The van der Waals surface area contributed by atoms with Gasteiger partial charge >= 0.3 is 0 Å². The number of hydrogen-bond donors (Lipinski definition) is 1. The first-order chi connectivity index (χ1) is 7.76. The summed E-state index contributed by atoms with van der Waals surface area (Å²) in [5.41, 5.74) is 1.01. The van der Waals surface area contributed by atoms with E-state index in [1.807, 2.05) is 0 Å². The molecule has 16 heavy (non-hydrogen) atoms. The van der Waals surface area contributed by atoms with Crippen LogP contribution in [0.4, 0.5) is 4.39 Å². The predicted molar refractivity (Wildman–Crippen MR) is 59.5 cm³/mol. The van der Waals surface area contributed by atoms with Crippen molar-refractivity contribution in [3.63, 3.8) is 0 Å². The summed E-state index contributed by atoms with van der Waals surface area (Å²) >= 11 is 0. The van der Waals surface area contributed by atoms with Gasteiger partial charge in [0.15, 0.2) is 0 Å². The molecule has 0 aromatic heterocycles. The van der Waals surface area contributed by atoms with Crippen molar-refractivity contribution in [2.24, 2.45) is 0 Å². The summed E-state index contributed by atoms with van der Waals surface area (Å²) in [6, 6.07) is 5.33. The summed E-state index contributed by atoms with van der Waals surface area (Å²) < 4.78 is 22.7. The molecule has 0 unspecified atom stereocenters. The Labute approximate surface area is 94.1 Å². The van der Waals surface area contributed by atoms with Gasteiger partial charge in [-0.15, -0.1) is 0 Å². The standard InChI is InChI=1S/C12H15FO3/c1-15-11-4-3-5-12(16-2)10(11)6-9(7-13)8-14/h3-5,7,14H,6,8H2,1-2H3. The molecular formula is C12H15FO3. The molecule has 0 spiro atoms. The molecule has 3 nitrogen and oxygen atoms in total. The highest BCUT2D eigenvalue weighted by Crippen LogP contribution is 2.30. The number of ether oxygens (including phenoxy) is 2.